The van der Waals surface area contributed by atoms with Gasteiger partial charge >= 0.3 is 5.97 Å². The molecular formula is C15H14N2O3. The van der Waals surface area contributed by atoms with E-state index in [4.69, 9.17) is 4.74 Å². The zero-order valence-electron chi connectivity index (χ0n) is 11.1. The number of hydrogen-bond acceptors (Lipinski definition) is 4. The minimum Gasteiger partial charge on any atom is -0.426 e. The molecule has 1 aromatic carbocycles. The Hall–Kier alpha value is -2.43. The molecule has 0 radical (unpaired) electrons. The molecule has 5 nitrogen and oxygen atoms in total. The molecule has 1 aromatic heterocycles. The number of pyridine rings is 1. The first kappa shape index (κ1) is 12.6. The number of carbonyl (C=O) groups excluding carboxylic acids is 2. The fourth-order valence-corrected chi connectivity index (χ4v) is 2.07. The summed E-state index contributed by atoms with van der Waals surface area (Å²) >= 11 is 0. The Kier molecular flexibility index (Phi) is 3.10. The highest BCUT2D eigenvalue weighted by atomic mass is 16.5. The lowest BCUT2D eigenvalue weighted by Gasteiger charge is -2.10. The van der Waals surface area contributed by atoms with Gasteiger partial charge < -0.3 is 10.1 Å². The average molecular weight is 270 g/mol. The van der Waals surface area contributed by atoms with Crippen molar-refractivity contribution in [3.8, 4) is 5.75 Å². The molecule has 0 spiro atoms. The first-order valence-corrected chi connectivity index (χ1v) is 6.52. The van der Waals surface area contributed by atoms with E-state index in [2.05, 4.69) is 10.3 Å². The van der Waals surface area contributed by atoms with Gasteiger partial charge in [0.2, 0.25) is 5.91 Å². The topological polar surface area (TPSA) is 68.3 Å². The number of carbonyl (C=O) groups is 2. The zero-order valence-corrected chi connectivity index (χ0v) is 11.1. The van der Waals surface area contributed by atoms with Crippen LogP contribution in [-0.2, 0) is 9.59 Å². The molecule has 1 amide bonds. The number of hydrogen-bond donors (Lipinski definition) is 1. The van der Waals surface area contributed by atoms with E-state index in [1.54, 1.807) is 24.4 Å². The smallest absolute Gasteiger partial charge is 0.308 e. The Morgan fingerprint density at radius 2 is 2.10 bits per heavy atom. The van der Waals surface area contributed by atoms with Gasteiger partial charge in [-0.05, 0) is 37.1 Å². The first-order valence-electron chi connectivity index (χ1n) is 6.52. The number of fused-ring (bicyclic) bond motifs is 1. The SMILES string of the molecule is CC(=O)Oc1ccc(NC(=O)C2CC2)c2ncccc12. The first-order chi connectivity index (χ1) is 9.65. The third-order valence-electron chi connectivity index (χ3n) is 3.19. The van der Waals surface area contributed by atoms with E-state index in [-0.39, 0.29) is 17.8 Å². The standard InChI is InChI=1S/C15H14N2O3/c1-9(18)20-13-7-6-12(17-15(19)10-4-5-10)14-11(13)3-2-8-16-14/h2-3,6-8,10H,4-5H2,1H3,(H,17,19). The molecule has 5 heteroatoms. The van der Waals surface area contributed by atoms with Crippen LogP contribution in [0, 0.1) is 5.92 Å². The van der Waals surface area contributed by atoms with Crippen LogP contribution in [0.5, 0.6) is 5.75 Å². The van der Waals surface area contributed by atoms with Crippen LogP contribution in [0.4, 0.5) is 5.69 Å². The molecular weight excluding hydrogens is 256 g/mol. The molecule has 1 fully saturated rings. The Morgan fingerprint density at radius 1 is 1.30 bits per heavy atom. The van der Waals surface area contributed by atoms with Gasteiger partial charge in [-0.3, -0.25) is 14.6 Å². The van der Waals surface area contributed by atoms with Crippen LogP contribution in [0.1, 0.15) is 19.8 Å². The number of benzene rings is 1. The molecule has 20 heavy (non-hydrogen) atoms. The summed E-state index contributed by atoms with van der Waals surface area (Å²) in [6.45, 7) is 1.35. The van der Waals surface area contributed by atoms with Crippen LogP contribution in [0.25, 0.3) is 10.9 Å². The summed E-state index contributed by atoms with van der Waals surface area (Å²) in [7, 11) is 0. The number of rotatable bonds is 3. The van der Waals surface area contributed by atoms with E-state index in [0.29, 0.717) is 22.3 Å². The van der Waals surface area contributed by atoms with Gasteiger partial charge in [0, 0.05) is 24.4 Å². The van der Waals surface area contributed by atoms with Gasteiger partial charge in [0.1, 0.15) is 5.75 Å². The number of amides is 1. The lowest BCUT2D eigenvalue weighted by molar-refractivity contribution is -0.131. The molecule has 1 aliphatic rings. The minimum atomic E-state index is -0.384. The summed E-state index contributed by atoms with van der Waals surface area (Å²) in [6, 6.07) is 6.97. The van der Waals surface area contributed by atoms with Crippen molar-refractivity contribution in [3.63, 3.8) is 0 Å². The minimum absolute atomic E-state index is 0.0252. The molecule has 1 aliphatic carbocycles. The normalized spacial score (nSPS) is 14.1. The molecule has 102 valence electrons. The summed E-state index contributed by atoms with van der Waals surface area (Å²) in [6.07, 6.45) is 3.54. The second kappa shape index (κ2) is 4.92. The van der Waals surface area contributed by atoms with Crippen LogP contribution in [0.15, 0.2) is 30.5 Å². The highest BCUT2D eigenvalue weighted by molar-refractivity contribution is 6.03. The van der Waals surface area contributed by atoms with E-state index in [9.17, 15) is 9.59 Å². The summed E-state index contributed by atoms with van der Waals surface area (Å²) < 4.78 is 5.16. The molecule has 3 rings (SSSR count). The predicted octanol–water partition coefficient (Wildman–Crippen LogP) is 2.51. The number of aromatic nitrogens is 1. The number of esters is 1. The molecule has 1 saturated carbocycles. The van der Waals surface area contributed by atoms with Gasteiger partial charge in [0.25, 0.3) is 0 Å². The lowest BCUT2D eigenvalue weighted by atomic mass is 10.1. The van der Waals surface area contributed by atoms with Crippen molar-refractivity contribution in [2.24, 2.45) is 5.92 Å². The maximum Gasteiger partial charge on any atom is 0.308 e. The quantitative estimate of drug-likeness (QED) is 0.687. The van der Waals surface area contributed by atoms with E-state index in [1.807, 2.05) is 6.07 Å². The third-order valence-corrected chi connectivity index (χ3v) is 3.19. The highest BCUT2D eigenvalue weighted by Gasteiger charge is 2.30. The van der Waals surface area contributed by atoms with E-state index in [0.717, 1.165) is 12.8 Å². The largest absolute Gasteiger partial charge is 0.426 e. The maximum atomic E-state index is 11.9. The van der Waals surface area contributed by atoms with E-state index >= 15 is 0 Å². The van der Waals surface area contributed by atoms with Crippen molar-refractivity contribution < 1.29 is 14.3 Å². The van der Waals surface area contributed by atoms with Crippen molar-refractivity contribution >= 4 is 28.5 Å². The summed E-state index contributed by atoms with van der Waals surface area (Å²) in [5.74, 6) is 0.217. The van der Waals surface area contributed by atoms with Crippen LogP contribution in [0.3, 0.4) is 0 Å². The van der Waals surface area contributed by atoms with Crippen LogP contribution < -0.4 is 10.1 Å². The van der Waals surface area contributed by atoms with Crippen LogP contribution in [0.2, 0.25) is 0 Å². The molecule has 0 unspecified atom stereocenters. The van der Waals surface area contributed by atoms with Gasteiger partial charge in [-0.25, -0.2) is 0 Å². The van der Waals surface area contributed by atoms with Gasteiger partial charge in [-0.2, -0.15) is 0 Å². The van der Waals surface area contributed by atoms with Crippen molar-refractivity contribution in [2.75, 3.05) is 5.32 Å². The van der Waals surface area contributed by atoms with Gasteiger partial charge in [-0.15, -0.1) is 0 Å². The zero-order chi connectivity index (χ0) is 14.1. The van der Waals surface area contributed by atoms with Crippen LogP contribution in [-0.4, -0.2) is 16.9 Å². The number of nitrogens with one attached hydrogen (secondary N) is 1. The average Bonchev–Trinajstić information content (AvgIpc) is 3.25. The summed E-state index contributed by atoms with van der Waals surface area (Å²) in [5, 5.41) is 3.59. The second-order valence-corrected chi connectivity index (χ2v) is 4.87. The van der Waals surface area contributed by atoms with Crippen LogP contribution >= 0.6 is 0 Å². The molecule has 2 aromatic rings. The fourth-order valence-electron chi connectivity index (χ4n) is 2.07. The molecule has 0 saturated heterocycles. The Morgan fingerprint density at radius 3 is 2.80 bits per heavy atom. The molecule has 0 bridgehead atoms. The van der Waals surface area contributed by atoms with Crippen molar-refractivity contribution in [1.29, 1.82) is 0 Å². The fraction of sp³-hybridized carbons (Fsp3) is 0.267. The predicted molar refractivity (Wildman–Crippen MR) is 74.4 cm³/mol. The highest BCUT2D eigenvalue weighted by Crippen LogP contribution is 2.33. The maximum absolute atomic E-state index is 11.9. The molecule has 1 N–H and O–H groups in total. The van der Waals surface area contributed by atoms with Crippen molar-refractivity contribution in [3.05, 3.63) is 30.5 Å². The summed E-state index contributed by atoms with van der Waals surface area (Å²) in [4.78, 5) is 27.2. The third kappa shape index (κ3) is 2.47. The lowest BCUT2D eigenvalue weighted by Crippen LogP contribution is -2.14. The van der Waals surface area contributed by atoms with Gasteiger partial charge in [0.05, 0.1) is 11.2 Å². The summed E-state index contributed by atoms with van der Waals surface area (Å²) in [5.41, 5.74) is 1.27. The molecule has 1 heterocycles. The number of ether oxygens (including phenoxy) is 1. The van der Waals surface area contributed by atoms with E-state index < -0.39 is 0 Å². The number of anilines is 1. The van der Waals surface area contributed by atoms with E-state index in [1.165, 1.54) is 6.92 Å². The van der Waals surface area contributed by atoms with Crippen molar-refractivity contribution in [1.82, 2.24) is 4.98 Å². The second-order valence-electron chi connectivity index (χ2n) is 4.87. The molecule has 0 atom stereocenters. The van der Waals surface area contributed by atoms with Gasteiger partial charge in [-0.1, -0.05) is 0 Å². The number of nitrogens with zero attached hydrogens (tertiary/aromatic N) is 1. The Balaban J connectivity index is 2.01. The molecule has 0 aliphatic heterocycles. The van der Waals surface area contributed by atoms with Gasteiger partial charge in [0.15, 0.2) is 0 Å². The monoisotopic (exact) mass is 270 g/mol. The Labute approximate surface area is 116 Å². The van der Waals surface area contributed by atoms with Crippen molar-refractivity contribution in [2.45, 2.75) is 19.8 Å². The Bertz CT molecular complexity index is 693.